The van der Waals surface area contributed by atoms with E-state index in [4.69, 9.17) is 5.73 Å². The number of piperidine rings is 1. The normalized spacial score (nSPS) is 35.2. The fourth-order valence-corrected chi connectivity index (χ4v) is 3.78. The van der Waals surface area contributed by atoms with Crippen LogP contribution in [0.25, 0.3) is 0 Å². The van der Waals surface area contributed by atoms with Crippen molar-refractivity contribution in [3.8, 4) is 0 Å². The summed E-state index contributed by atoms with van der Waals surface area (Å²) in [5, 5.41) is 0. The van der Waals surface area contributed by atoms with Gasteiger partial charge in [0, 0.05) is 19.0 Å². The van der Waals surface area contributed by atoms with E-state index in [9.17, 15) is 4.79 Å². The molecule has 3 rings (SSSR count). The van der Waals surface area contributed by atoms with Gasteiger partial charge in [-0.2, -0.15) is 0 Å². The minimum atomic E-state index is 0.179. The van der Waals surface area contributed by atoms with Crippen LogP contribution in [0.15, 0.2) is 0 Å². The lowest BCUT2D eigenvalue weighted by Crippen LogP contribution is -2.45. The van der Waals surface area contributed by atoms with Gasteiger partial charge in [0.15, 0.2) is 0 Å². The molecule has 90 valence electrons. The van der Waals surface area contributed by atoms with E-state index < -0.39 is 0 Å². The first-order valence-corrected chi connectivity index (χ1v) is 6.72. The van der Waals surface area contributed by atoms with Crippen molar-refractivity contribution in [3.63, 3.8) is 0 Å². The van der Waals surface area contributed by atoms with Crippen LogP contribution >= 0.6 is 0 Å². The number of hydrogen-bond acceptors (Lipinski definition) is 2. The van der Waals surface area contributed by atoms with Crippen molar-refractivity contribution in [2.75, 3.05) is 13.1 Å². The molecular weight excluding hydrogens is 200 g/mol. The van der Waals surface area contributed by atoms with E-state index >= 15 is 0 Å². The Kier molecular flexibility index (Phi) is 2.46. The second kappa shape index (κ2) is 3.73. The van der Waals surface area contributed by atoms with Crippen LogP contribution in [0.3, 0.4) is 0 Å². The van der Waals surface area contributed by atoms with Gasteiger partial charge in [-0.05, 0) is 50.0 Å². The van der Waals surface area contributed by atoms with Crippen LogP contribution in [-0.4, -0.2) is 29.9 Å². The zero-order valence-electron chi connectivity index (χ0n) is 9.95. The van der Waals surface area contributed by atoms with Gasteiger partial charge in [-0.3, -0.25) is 4.79 Å². The Morgan fingerprint density at radius 3 is 2.62 bits per heavy atom. The van der Waals surface area contributed by atoms with Crippen molar-refractivity contribution in [1.29, 1.82) is 0 Å². The summed E-state index contributed by atoms with van der Waals surface area (Å²) < 4.78 is 0. The monoisotopic (exact) mass is 222 g/mol. The minimum absolute atomic E-state index is 0.179. The van der Waals surface area contributed by atoms with Crippen LogP contribution in [0, 0.1) is 11.3 Å². The van der Waals surface area contributed by atoms with Gasteiger partial charge in [0.25, 0.3) is 0 Å². The molecule has 0 aromatic rings. The number of nitrogens with two attached hydrogens (primary N) is 1. The Labute approximate surface area is 97.4 Å². The third-order valence-corrected chi connectivity index (χ3v) is 5.10. The van der Waals surface area contributed by atoms with Crippen LogP contribution in [0.4, 0.5) is 0 Å². The predicted molar refractivity (Wildman–Crippen MR) is 62.8 cm³/mol. The maximum atomic E-state index is 12.3. The van der Waals surface area contributed by atoms with Crippen LogP contribution in [0.2, 0.25) is 0 Å². The molecule has 2 aliphatic carbocycles. The third kappa shape index (κ3) is 1.56. The van der Waals surface area contributed by atoms with Crippen molar-refractivity contribution in [1.82, 2.24) is 4.90 Å². The molecule has 0 radical (unpaired) electrons. The molecule has 0 spiro atoms. The van der Waals surface area contributed by atoms with E-state index in [2.05, 4.69) is 4.90 Å². The first-order valence-electron chi connectivity index (χ1n) is 6.72. The fraction of sp³-hybridized carbons (Fsp3) is 0.923. The van der Waals surface area contributed by atoms with Crippen molar-refractivity contribution in [3.05, 3.63) is 0 Å². The quantitative estimate of drug-likeness (QED) is 0.787. The number of hydrogen-bond donors (Lipinski definition) is 1. The lowest BCUT2D eigenvalue weighted by Gasteiger charge is -2.42. The first-order chi connectivity index (χ1) is 7.72. The lowest BCUT2D eigenvalue weighted by atomic mass is 9.66. The van der Waals surface area contributed by atoms with Crippen molar-refractivity contribution >= 4 is 5.91 Å². The van der Waals surface area contributed by atoms with Gasteiger partial charge in [-0.1, -0.05) is 6.42 Å². The molecule has 0 aromatic heterocycles. The SMILES string of the molecule is NCC1(CC(=O)N2CC3CCC2C3)CCC1. The Morgan fingerprint density at radius 1 is 1.38 bits per heavy atom. The molecule has 1 aliphatic heterocycles. The number of nitrogens with zero attached hydrogens (tertiary/aromatic N) is 1. The molecule has 3 heteroatoms. The molecule has 1 saturated heterocycles. The molecule has 16 heavy (non-hydrogen) atoms. The van der Waals surface area contributed by atoms with E-state index in [0.29, 0.717) is 24.9 Å². The molecule has 2 N–H and O–H groups in total. The van der Waals surface area contributed by atoms with E-state index in [0.717, 1.165) is 25.3 Å². The van der Waals surface area contributed by atoms with Gasteiger partial charge >= 0.3 is 0 Å². The topological polar surface area (TPSA) is 46.3 Å². The summed E-state index contributed by atoms with van der Waals surface area (Å²) in [5.41, 5.74) is 6.00. The summed E-state index contributed by atoms with van der Waals surface area (Å²) in [7, 11) is 0. The zero-order valence-corrected chi connectivity index (χ0v) is 9.95. The third-order valence-electron chi connectivity index (χ3n) is 5.10. The maximum absolute atomic E-state index is 12.3. The average molecular weight is 222 g/mol. The lowest BCUT2D eigenvalue weighted by molar-refractivity contribution is -0.136. The average Bonchev–Trinajstić information content (AvgIpc) is 2.84. The Balaban J connectivity index is 1.61. The van der Waals surface area contributed by atoms with Gasteiger partial charge < -0.3 is 10.6 Å². The highest BCUT2D eigenvalue weighted by molar-refractivity contribution is 5.78. The molecule has 1 heterocycles. The number of carbonyl (C=O) groups is 1. The van der Waals surface area contributed by atoms with Crippen LogP contribution in [-0.2, 0) is 4.79 Å². The van der Waals surface area contributed by atoms with E-state index in [1.165, 1.54) is 25.7 Å². The predicted octanol–water partition coefficient (Wildman–Crippen LogP) is 1.52. The molecule has 0 aromatic carbocycles. The summed E-state index contributed by atoms with van der Waals surface area (Å²) in [6.07, 6.45) is 8.15. The number of rotatable bonds is 3. The summed E-state index contributed by atoms with van der Waals surface area (Å²) in [5.74, 6) is 1.20. The summed E-state index contributed by atoms with van der Waals surface area (Å²) in [6.45, 7) is 1.73. The molecule has 3 fully saturated rings. The molecule has 2 unspecified atom stereocenters. The highest BCUT2D eigenvalue weighted by atomic mass is 16.2. The van der Waals surface area contributed by atoms with Crippen molar-refractivity contribution in [2.24, 2.45) is 17.1 Å². The molecule has 3 nitrogen and oxygen atoms in total. The van der Waals surface area contributed by atoms with Gasteiger partial charge in [0.05, 0.1) is 0 Å². The largest absolute Gasteiger partial charge is 0.339 e. The summed E-state index contributed by atoms with van der Waals surface area (Å²) >= 11 is 0. The summed E-state index contributed by atoms with van der Waals surface area (Å²) in [6, 6.07) is 0.576. The molecule has 1 amide bonds. The van der Waals surface area contributed by atoms with Crippen LogP contribution in [0.1, 0.15) is 44.9 Å². The smallest absolute Gasteiger partial charge is 0.223 e. The number of fused-ring (bicyclic) bond motifs is 2. The molecule has 2 saturated carbocycles. The molecule has 2 bridgehead atoms. The molecular formula is C13H22N2O. The van der Waals surface area contributed by atoms with E-state index in [1.807, 2.05) is 0 Å². The Bertz CT molecular complexity index is 293. The first kappa shape index (κ1) is 10.6. The standard InChI is InChI=1S/C13H22N2O/c14-9-13(4-1-5-13)7-12(16)15-8-10-2-3-11(15)6-10/h10-11H,1-9,14H2. The fourth-order valence-electron chi connectivity index (χ4n) is 3.78. The van der Waals surface area contributed by atoms with E-state index in [-0.39, 0.29) is 5.41 Å². The zero-order chi connectivity index (χ0) is 11.2. The minimum Gasteiger partial charge on any atom is -0.339 e. The van der Waals surface area contributed by atoms with Gasteiger partial charge in [-0.15, -0.1) is 0 Å². The van der Waals surface area contributed by atoms with Gasteiger partial charge in [-0.25, -0.2) is 0 Å². The van der Waals surface area contributed by atoms with Crippen molar-refractivity contribution in [2.45, 2.75) is 51.0 Å². The second-order valence-corrected chi connectivity index (χ2v) is 6.11. The molecule has 2 atom stereocenters. The van der Waals surface area contributed by atoms with Crippen molar-refractivity contribution < 1.29 is 4.79 Å². The maximum Gasteiger partial charge on any atom is 0.223 e. The highest BCUT2D eigenvalue weighted by Gasteiger charge is 2.44. The van der Waals surface area contributed by atoms with Gasteiger partial charge in [0.1, 0.15) is 0 Å². The van der Waals surface area contributed by atoms with Crippen LogP contribution < -0.4 is 5.73 Å². The summed E-state index contributed by atoms with van der Waals surface area (Å²) in [4.78, 5) is 14.4. The second-order valence-electron chi connectivity index (χ2n) is 6.11. The van der Waals surface area contributed by atoms with E-state index in [1.54, 1.807) is 0 Å². The highest BCUT2D eigenvalue weighted by Crippen LogP contribution is 2.45. The number of amides is 1. The number of carbonyl (C=O) groups excluding carboxylic acids is 1. The van der Waals surface area contributed by atoms with Crippen LogP contribution in [0.5, 0.6) is 0 Å². The Morgan fingerprint density at radius 2 is 2.19 bits per heavy atom. The molecule has 3 aliphatic rings. The Hall–Kier alpha value is -0.570. The number of likely N-dealkylation sites (tertiary alicyclic amines) is 1. The van der Waals surface area contributed by atoms with Gasteiger partial charge in [0.2, 0.25) is 5.91 Å².